The molecule has 0 heterocycles. The minimum absolute atomic E-state index is 0.826. The van der Waals surface area contributed by atoms with Gasteiger partial charge in [-0.05, 0) is 0 Å². The van der Waals surface area contributed by atoms with Crippen molar-refractivity contribution in [3.63, 3.8) is 0 Å². The van der Waals surface area contributed by atoms with E-state index in [0.29, 0.717) is 0 Å². The first-order chi connectivity index (χ1) is 12.4. The summed E-state index contributed by atoms with van der Waals surface area (Å²) in [6, 6.07) is 12.9. The molecule has 0 radical (unpaired) electrons. The van der Waals surface area contributed by atoms with Crippen LogP contribution >= 0.6 is 17.0 Å². The van der Waals surface area contributed by atoms with Crippen molar-refractivity contribution in [3.05, 3.63) is 87.5 Å². The first-order valence-electron chi connectivity index (χ1n) is 8.67. The van der Waals surface area contributed by atoms with Crippen molar-refractivity contribution >= 4 is 27.8 Å². The van der Waals surface area contributed by atoms with Gasteiger partial charge in [0.25, 0.3) is 0 Å². The first kappa shape index (κ1) is 21.6. The molecule has 3 aromatic carbocycles. The molecular formula is C23H24Cl2Zr. The predicted molar refractivity (Wildman–Crippen MR) is 112 cm³/mol. The molecule has 0 bridgehead atoms. The van der Waals surface area contributed by atoms with Gasteiger partial charge in [-0.15, -0.1) is 23.1 Å². The Morgan fingerprint density at radius 2 is 1.50 bits per heavy atom. The zero-order chi connectivity index (χ0) is 19.3. The monoisotopic (exact) mass is 460 g/mol. The van der Waals surface area contributed by atoms with E-state index < -0.39 is 20.8 Å². The molecule has 4 rings (SSSR count). The molecule has 0 aromatic heterocycles. The molecule has 0 fully saturated rings. The van der Waals surface area contributed by atoms with Crippen molar-refractivity contribution in [1.82, 2.24) is 0 Å². The molecule has 26 heavy (non-hydrogen) atoms. The second-order valence-corrected chi connectivity index (χ2v) is 10.3. The summed E-state index contributed by atoms with van der Waals surface area (Å²) in [5, 5.41) is 2.64. The fourth-order valence-electron chi connectivity index (χ4n) is 3.33. The van der Waals surface area contributed by atoms with E-state index in [-0.39, 0.29) is 0 Å². The van der Waals surface area contributed by atoms with Crippen molar-refractivity contribution < 1.29 is 20.8 Å². The Morgan fingerprint density at radius 1 is 0.923 bits per heavy atom. The third-order valence-corrected chi connectivity index (χ3v) is 5.40. The van der Waals surface area contributed by atoms with Crippen LogP contribution in [0, 0.1) is 40.7 Å². The number of hydrogen-bond acceptors (Lipinski definition) is 0. The van der Waals surface area contributed by atoms with Crippen LogP contribution in [0.5, 0.6) is 0 Å². The molecule has 0 spiro atoms. The van der Waals surface area contributed by atoms with Crippen molar-refractivity contribution in [2.75, 3.05) is 0 Å². The zero-order valence-corrected chi connectivity index (χ0v) is 20.0. The third-order valence-electron chi connectivity index (χ3n) is 5.40. The summed E-state index contributed by atoms with van der Waals surface area (Å²) in [5.41, 5.74) is 10.0. The van der Waals surface area contributed by atoms with Crippen LogP contribution in [-0.2, 0) is 27.3 Å². The third kappa shape index (κ3) is 4.75. The summed E-state index contributed by atoms with van der Waals surface area (Å²) in [4.78, 5) is 0. The van der Waals surface area contributed by atoms with Gasteiger partial charge in [-0.25, -0.2) is 0 Å². The molecule has 0 saturated carbocycles. The summed E-state index contributed by atoms with van der Waals surface area (Å²) in [6.07, 6.45) is 6.47. The van der Waals surface area contributed by atoms with Crippen molar-refractivity contribution in [2.45, 2.75) is 41.0 Å². The molecule has 3 heteroatoms. The van der Waals surface area contributed by atoms with Crippen LogP contribution in [0.3, 0.4) is 0 Å². The normalized spacial score (nSPS) is 11.2. The SMILES string of the molecule is Cc1c(C)c(C)[c-](C)c1C.[C-]1=CCc2ccc3ccccc3c21.[Cl][Zr+2][Cl]. The summed E-state index contributed by atoms with van der Waals surface area (Å²) in [6.45, 7) is 11.0. The second kappa shape index (κ2) is 9.98. The van der Waals surface area contributed by atoms with Crippen molar-refractivity contribution in [2.24, 2.45) is 0 Å². The molecule has 1 aliphatic carbocycles. The molecule has 0 N–H and O–H groups in total. The van der Waals surface area contributed by atoms with Gasteiger partial charge in [0, 0.05) is 0 Å². The molecular weight excluding hydrogens is 438 g/mol. The summed E-state index contributed by atoms with van der Waals surface area (Å²) in [5.74, 6) is 0. The Hall–Kier alpha value is -0.747. The second-order valence-electron chi connectivity index (χ2n) is 6.57. The number of hydrogen-bond donors (Lipinski definition) is 0. The van der Waals surface area contributed by atoms with Crippen LogP contribution in [0.4, 0.5) is 0 Å². The van der Waals surface area contributed by atoms with Crippen molar-refractivity contribution in [1.29, 1.82) is 0 Å². The van der Waals surface area contributed by atoms with Gasteiger partial charge < -0.3 is 0 Å². The molecule has 134 valence electrons. The minimum atomic E-state index is -0.826. The maximum absolute atomic E-state index is 4.93. The fraction of sp³-hybridized carbons (Fsp3) is 0.261. The molecule has 0 nitrogen and oxygen atoms in total. The molecule has 3 aromatic rings. The number of halogens is 2. The molecule has 0 unspecified atom stereocenters. The number of rotatable bonds is 0. The van der Waals surface area contributed by atoms with Crippen molar-refractivity contribution in [3.8, 4) is 0 Å². The van der Waals surface area contributed by atoms with Gasteiger partial charge in [0.1, 0.15) is 0 Å². The van der Waals surface area contributed by atoms with Gasteiger partial charge in [-0.2, -0.15) is 45.5 Å². The van der Waals surface area contributed by atoms with Crippen LogP contribution in [0.25, 0.3) is 10.8 Å². The Kier molecular flexibility index (Phi) is 8.27. The van der Waals surface area contributed by atoms with E-state index in [1.807, 2.05) is 0 Å². The van der Waals surface area contributed by atoms with E-state index >= 15 is 0 Å². The standard InChI is InChI=1S/C13H9.C10H15.2ClH.Zr/c1-2-6-12-10(4-1)8-9-11-5-3-7-13(11)12;1-6-7(2)9(4)10(5)8(6)3;;;/h1-4,6,8-9H,5H2;1-5H3;2*1H;/q2*-1;;;+4/p-2. The van der Waals surface area contributed by atoms with Gasteiger partial charge >= 0.3 is 37.9 Å². The van der Waals surface area contributed by atoms with E-state index in [2.05, 4.69) is 83.2 Å². The number of benzene rings is 2. The first-order valence-corrected chi connectivity index (χ1v) is 15.0. The van der Waals surface area contributed by atoms with E-state index in [0.717, 1.165) is 6.42 Å². The molecule has 0 aliphatic heterocycles. The van der Waals surface area contributed by atoms with Gasteiger partial charge in [0.2, 0.25) is 0 Å². The Balaban J connectivity index is 0.000000168. The van der Waals surface area contributed by atoms with E-state index in [1.54, 1.807) is 0 Å². The topological polar surface area (TPSA) is 0 Å². The van der Waals surface area contributed by atoms with E-state index in [1.165, 1.54) is 49.7 Å². The van der Waals surface area contributed by atoms with Gasteiger partial charge in [-0.3, -0.25) is 0 Å². The van der Waals surface area contributed by atoms with Crippen LogP contribution < -0.4 is 0 Å². The van der Waals surface area contributed by atoms with Crippen LogP contribution in [0.2, 0.25) is 0 Å². The Labute approximate surface area is 176 Å². The Bertz CT molecular complexity index is 839. The quantitative estimate of drug-likeness (QED) is 0.305. The molecule has 0 amide bonds. The molecule has 0 saturated heterocycles. The molecule has 1 aliphatic rings. The number of fused-ring (bicyclic) bond motifs is 3. The average molecular weight is 463 g/mol. The van der Waals surface area contributed by atoms with E-state index in [4.69, 9.17) is 17.0 Å². The summed E-state index contributed by atoms with van der Waals surface area (Å²) < 4.78 is 0. The van der Waals surface area contributed by atoms with Crippen LogP contribution in [0.15, 0.2) is 42.5 Å². The van der Waals surface area contributed by atoms with Gasteiger partial charge in [0.05, 0.1) is 0 Å². The maximum atomic E-state index is 4.93. The number of allylic oxidation sites excluding steroid dienone is 1. The van der Waals surface area contributed by atoms with Gasteiger partial charge in [-0.1, -0.05) is 70.7 Å². The summed E-state index contributed by atoms with van der Waals surface area (Å²) in [7, 11) is 9.87. The van der Waals surface area contributed by atoms with Gasteiger partial charge in [0.15, 0.2) is 0 Å². The fourth-order valence-corrected chi connectivity index (χ4v) is 3.33. The van der Waals surface area contributed by atoms with E-state index in [9.17, 15) is 0 Å². The average Bonchev–Trinajstić information content (AvgIpc) is 3.20. The van der Waals surface area contributed by atoms with Crippen LogP contribution in [-0.4, -0.2) is 0 Å². The zero-order valence-electron chi connectivity index (χ0n) is 16.0. The van der Waals surface area contributed by atoms with Crippen LogP contribution in [0.1, 0.15) is 38.9 Å². The predicted octanol–water partition coefficient (Wildman–Crippen LogP) is 7.43. The Morgan fingerprint density at radius 3 is 2.04 bits per heavy atom. The molecule has 0 atom stereocenters. The summed E-state index contributed by atoms with van der Waals surface area (Å²) >= 11 is -0.826.